The van der Waals surface area contributed by atoms with Crippen molar-refractivity contribution in [2.45, 2.75) is 13.2 Å². The first kappa shape index (κ1) is 19.7. The number of rotatable bonds is 7. The normalized spacial score (nSPS) is 10.5. The second-order valence-electron chi connectivity index (χ2n) is 5.85. The number of ether oxygens (including phenoxy) is 2. The van der Waals surface area contributed by atoms with Gasteiger partial charge in [-0.3, -0.25) is 0 Å². The minimum atomic E-state index is 0.294. The number of hydrogen-bond donors (Lipinski definition) is 1. The van der Waals surface area contributed by atoms with E-state index in [9.17, 15) is 0 Å². The average molecular weight is 423 g/mol. The van der Waals surface area contributed by atoms with Gasteiger partial charge in [0.2, 0.25) is 0 Å². The number of benzene rings is 3. The fourth-order valence-electron chi connectivity index (χ4n) is 2.53. The Hall–Kier alpha value is -2.07. The van der Waals surface area contributed by atoms with Gasteiger partial charge >= 0.3 is 0 Å². The van der Waals surface area contributed by atoms with Gasteiger partial charge in [-0.05, 0) is 48.0 Å². The zero-order valence-electron chi connectivity index (χ0n) is 14.6. The maximum atomic E-state index is 6.38. The van der Waals surface area contributed by atoms with Crippen LogP contribution < -0.4 is 14.8 Å². The first-order valence-electron chi connectivity index (χ1n) is 8.29. The molecule has 0 aliphatic rings. The third kappa shape index (κ3) is 5.23. The fraction of sp³-hybridized carbons (Fsp3) is 0.143. The summed E-state index contributed by atoms with van der Waals surface area (Å²) < 4.78 is 10.9. The number of anilines is 1. The lowest BCUT2D eigenvalue weighted by molar-refractivity contribution is 0.306. The van der Waals surface area contributed by atoms with Gasteiger partial charge in [0.1, 0.15) is 12.4 Å². The number of methoxy groups -OCH3 is 1. The number of hydrogen-bond acceptors (Lipinski definition) is 3. The van der Waals surface area contributed by atoms with Crippen molar-refractivity contribution in [3.63, 3.8) is 0 Å². The quantitative estimate of drug-likeness (QED) is 0.452. The van der Waals surface area contributed by atoms with E-state index in [1.165, 1.54) is 0 Å². The standard InChI is InChI=1S/C21H18Cl3NO2/c1-26-17-8-6-16(7-9-17)25-12-14-10-19(23)21(20(24)11-14)27-13-15-4-2-3-5-18(15)22/h2-11,25H,12-13H2,1H3. The SMILES string of the molecule is COc1ccc(NCc2cc(Cl)c(OCc3ccccc3Cl)c(Cl)c2)cc1. The van der Waals surface area contributed by atoms with E-state index in [-0.39, 0.29) is 0 Å². The first-order valence-corrected chi connectivity index (χ1v) is 9.42. The van der Waals surface area contributed by atoms with Crippen molar-refractivity contribution < 1.29 is 9.47 Å². The predicted octanol–water partition coefficient (Wildman–Crippen LogP) is 6.85. The van der Waals surface area contributed by atoms with E-state index in [1.54, 1.807) is 7.11 Å². The van der Waals surface area contributed by atoms with Crippen molar-refractivity contribution in [3.05, 3.63) is 86.9 Å². The summed E-state index contributed by atoms with van der Waals surface area (Å²) >= 11 is 18.9. The average Bonchev–Trinajstić information content (AvgIpc) is 2.67. The topological polar surface area (TPSA) is 30.5 Å². The van der Waals surface area contributed by atoms with Crippen molar-refractivity contribution in [1.29, 1.82) is 0 Å². The van der Waals surface area contributed by atoms with Crippen LogP contribution in [0.5, 0.6) is 11.5 Å². The van der Waals surface area contributed by atoms with Crippen molar-refractivity contribution in [3.8, 4) is 11.5 Å². The summed E-state index contributed by atoms with van der Waals surface area (Å²) in [7, 11) is 1.64. The molecule has 0 heterocycles. The van der Waals surface area contributed by atoms with Gasteiger partial charge in [0.15, 0.2) is 5.75 Å². The molecule has 0 atom stereocenters. The molecule has 3 aromatic carbocycles. The third-order valence-electron chi connectivity index (χ3n) is 3.97. The fourth-order valence-corrected chi connectivity index (χ4v) is 3.36. The van der Waals surface area contributed by atoms with Gasteiger partial charge in [-0.2, -0.15) is 0 Å². The lowest BCUT2D eigenvalue weighted by Gasteiger charge is -2.13. The van der Waals surface area contributed by atoms with Crippen LogP contribution in [0, 0.1) is 0 Å². The van der Waals surface area contributed by atoms with Crippen LogP contribution in [-0.4, -0.2) is 7.11 Å². The highest BCUT2D eigenvalue weighted by molar-refractivity contribution is 6.37. The monoisotopic (exact) mass is 421 g/mol. The Morgan fingerprint density at radius 2 is 1.52 bits per heavy atom. The van der Waals surface area contributed by atoms with Gasteiger partial charge in [0.25, 0.3) is 0 Å². The minimum Gasteiger partial charge on any atom is -0.497 e. The van der Waals surface area contributed by atoms with Gasteiger partial charge in [0.05, 0.1) is 17.2 Å². The minimum absolute atomic E-state index is 0.294. The highest BCUT2D eigenvalue weighted by Crippen LogP contribution is 2.35. The van der Waals surface area contributed by atoms with Gasteiger partial charge in [-0.25, -0.2) is 0 Å². The zero-order chi connectivity index (χ0) is 19.2. The van der Waals surface area contributed by atoms with Crippen LogP contribution in [0.1, 0.15) is 11.1 Å². The highest BCUT2D eigenvalue weighted by Gasteiger charge is 2.11. The molecule has 0 spiro atoms. The summed E-state index contributed by atoms with van der Waals surface area (Å²) in [5.41, 5.74) is 2.80. The number of halogens is 3. The van der Waals surface area contributed by atoms with Crippen molar-refractivity contribution in [1.82, 2.24) is 0 Å². The van der Waals surface area contributed by atoms with Crippen LogP contribution in [-0.2, 0) is 13.2 Å². The van der Waals surface area contributed by atoms with E-state index in [2.05, 4.69) is 5.32 Å². The summed E-state index contributed by atoms with van der Waals surface area (Å²) in [5, 5.41) is 4.88. The van der Waals surface area contributed by atoms with Gasteiger partial charge < -0.3 is 14.8 Å². The predicted molar refractivity (Wildman–Crippen MR) is 113 cm³/mol. The molecule has 1 N–H and O–H groups in total. The zero-order valence-corrected chi connectivity index (χ0v) is 16.9. The van der Waals surface area contributed by atoms with Crippen molar-refractivity contribution >= 4 is 40.5 Å². The summed E-state index contributed by atoms with van der Waals surface area (Å²) in [6, 6.07) is 18.9. The molecular formula is C21H18Cl3NO2. The second-order valence-corrected chi connectivity index (χ2v) is 7.07. The van der Waals surface area contributed by atoms with Gasteiger partial charge in [-0.1, -0.05) is 53.0 Å². The highest BCUT2D eigenvalue weighted by atomic mass is 35.5. The molecule has 6 heteroatoms. The largest absolute Gasteiger partial charge is 0.497 e. The Kier molecular flexibility index (Phi) is 6.73. The molecule has 140 valence electrons. The van der Waals surface area contributed by atoms with Crippen LogP contribution in [0.25, 0.3) is 0 Å². The maximum Gasteiger partial charge on any atom is 0.156 e. The van der Waals surface area contributed by atoms with E-state index in [4.69, 9.17) is 44.3 Å². The van der Waals surface area contributed by atoms with Gasteiger partial charge in [0, 0.05) is 22.8 Å². The Morgan fingerprint density at radius 1 is 0.852 bits per heavy atom. The molecule has 3 rings (SSSR count). The molecule has 0 fully saturated rings. The Labute approximate surface area is 173 Å². The smallest absolute Gasteiger partial charge is 0.156 e. The molecule has 3 aromatic rings. The molecule has 0 bridgehead atoms. The molecule has 27 heavy (non-hydrogen) atoms. The lowest BCUT2D eigenvalue weighted by Crippen LogP contribution is -2.01. The Morgan fingerprint density at radius 3 is 2.15 bits per heavy atom. The number of nitrogens with one attached hydrogen (secondary N) is 1. The van der Waals surface area contributed by atoms with E-state index < -0.39 is 0 Å². The van der Waals surface area contributed by atoms with Crippen LogP contribution in [0.15, 0.2) is 60.7 Å². The van der Waals surface area contributed by atoms with Crippen molar-refractivity contribution in [2.75, 3.05) is 12.4 Å². The van der Waals surface area contributed by atoms with Crippen LogP contribution in [0.3, 0.4) is 0 Å². The Bertz CT molecular complexity index is 891. The molecule has 0 aromatic heterocycles. The lowest BCUT2D eigenvalue weighted by atomic mass is 10.2. The third-order valence-corrected chi connectivity index (χ3v) is 4.90. The molecule has 0 saturated carbocycles. The van der Waals surface area contributed by atoms with Crippen molar-refractivity contribution in [2.24, 2.45) is 0 Å². The molecule has 0 radical (unpaired) electrons. The summed E-state index contributed by atoms with van der Waals surface area (Å²) in [4.78, 5) is 0. The summed E-state index contributed by atoms with van der Waals surface area (Å²) in [6.45, 7) is 0.874. The van der Waals surface area contributed by atoms with Crippen LogP contribution >= 0.6 is 34.8 Å². The summed E-state index contributed by atoms with van der Waals surface area (Å²) in [6.07, 6.45) is 0. The van der Waals surface area contributed by atoms with E-state index in [1.807, 2.05) is 60.7 Å². The molecule has 0 saturated heterocycles. The maximum absolute atomic E-state index is 6.38. The Balaban J connectivity index is 1.66. The molecular weight excluding hydrogens is 405 g/mol. The molecule has 0 aliphatic carbocycles. The van der Waals surface area contributed by atoms with E-state index in [0.717, 1.165) is 22.6 Å². The van der Waals surface area contributed by atoms with E-state index in [0.29, 0.717) is 34.0 Å². The van der Waals surface area contributed by atoms with Crippen LogP contribution in [0.2, 0.25) is 15.1 Å². The van der Waals surface area contributed by atoms with E-state index >= 15 is 0 Å². The first-order chi connectivity index (χ1) is 13.1. The molecule has 0 aliphatic heterocycles. The second kappa shape index (κ2) is 9.23. The molecule has 0 amide bonds. The van der Waals surface area contributed by atoms with Gasteiger partial charge in [-0.15, -0.1) is 0 Å². The molecule has 3 nitrogen and oxygen atoms in total. The van der Waals surface area contributed by atoms with Crippen LogP contribution in [0.4, 0.5) is 5.69 Å². The summed E-state index contributed by atoms with van der Waals surface area (Å²) in [5.74, 6) is 1.26. The molecule has 0 unspecified atom stereocenters.